The molecule has 1 saturated carbocycles. The molecule has 1 aromatic rings. The second-order valence-electron chi connectivity index (χ2n) is 10.0. The van der Waals surface area contributed by atoms with Crippen molar-refractivity contribution in [3.05, 3.63) is 29.6 Å². The lowest BCUT2D eigenvalue weighted by molar-refractivity contribution is -0.137. The number of methoxy groups -OCH3 is 1. The molecular formula is C26H39FN4O3. The van der Waals surface area contributed by atoms with E-state index in [0.29, 0.717) is 24.7 Å². The molecule has 2 amide bonds. The summed E-state index contributed by atoms with van der Waals surface area (Å²) in [5.74, 6) is 1.07. The zero-order valence-electron chi connectivity index (χ0n) is 20.4. The third kappa shape index (κ3) is 6.69. The van der Waals surface area contributed by atoms with E-state index in [9.17, 15) is 14.0 Å². The van der Waals surface area contributed by atoms with E-state index in [1.165, 1.54) is 31.4 Å². The van der Waals surface area contributed by atoms with E-state index in [2.05, 4.69) is 15.1 Å². The molecule has 3 fully saturated rings. The fraction of sp³-hybridized carbons (Fsp3) is 0.692. The van der Waals surface area contributed by atoms with Crippen molar-refractivity contribution in [2.75, 3.05) is 52.9 Å². The van der Waals surface area contributed by atoms with Crippen LogP contribution in [-0.4, -0.2) is 85.5 Å². The van der Waals surface area contributed by atoms with Crippen LogP contribution in [0.15, 0.2) is 18.2 Å². The smallest absolute Gasteiger partial charge is 0.234 e. The molecule has 0 aromatic heterocycles. The maximum absolute atomic E-state index is 13.6. The first-order valence-corrected chi connectivity index (χ1v) is 12.9. The Balaban J connectivity index is 1.15. The van der Waals surface area contributed by atoms with Crippen molar-refractivity contribution < 1.29 is 18.7 Å². The Labute approximate surface area is 202 Å². The maximum Gasteiger partial charge on any atom is 0.234 e. The van der Waals surface area contributed by atoms with Crippen molar-refractivity contribution >= 4 is 11.8 Å². The summed E-state index contributed by atoms with van der Waals surface area (Å²) in [6.45, 7) is 5.81. The number of carbonyl (C=O) groups is 2. The second kappa shape index (κ2) is 12.0. The van der Waals surface area contributed by atoms with E-state index in [1.807, 2.05) is 4.90 Å². The number of nitrogens with zero attached hydrogens (tertiary/aromatic N) is 3. The van der Waals surface area contributed by atoms with E-state index in [0.717, 1.165) is 70.5 Å². The average Bonchev–Trinajstić information content (AvgIpc) is 2.86. The minimum atomic E-state index is -0.254. The van der Waals surface area contributed by atoms with Gasteiger partial charge in [0, 0.05) is 63.3 Å². The monoisotopic (exact) mass is 474 g/mol. The number of piperidine rings is 1. The topological polar surface area (TPSA) is 65.1 Å². The summed E-state index contributed by atoms with van der Waals surface area (Å²) in [6.07, 6.45) is 7.37. The Kier molecular flexibility index (Phi) is 8.78. The summed E-state index contributed by atoms with van der Waals surface area (Å²) >= 11 is 0. The zero-order valence-corrected chi connectivity index (χ0v) is 20.4. The fourth-order valence-electron chi connectivity index (χ4n) is 5.55. The molecule has 0 unspecified atom stereocenters. The number of amides is 2. The van der Waals surface area contributed by atoms with Gasteiger partial charge in [-0.15, -0.1) is 0 Å². The van der Waals surface area contributed by atoms with Gasteiger partial charge in [0.1, 0.15) is 11.6 Å². The van der Waals surface area contributed by atoms with Gasteiger partial charge in [0.15, 0.2) is 0 Å². The van der Waals surface area contributed by atoms with Crippen LogP contribution in [0.1, 0.15) is 50.5 Å². The van der Waals surface area contributed by atoms with Crippen molar-refractivity contribution in [3.63, 3.8) is 0 Å². The maximum atomic E-state index is 13.6. The lowest BCUT2D eigenvalue weighted by atomic mass is 9.87. The van der Waals surface area contributed by atoms with Crippen LogP contribution in [0.2, 0.25) is 0 Å². The van der Waals surface area contributed by atoms with E-state index < -0.39 is 0 Å². The van der Waals surface area contributed by atoms with Gasteiger partial charge in [-0.2, -0.15) is 0 Å². The molecule has 1 aromatic carbocycles. The number of benzene rings is 1. The van der Waals surface area contributed by atoms with Gasteiger partial charge in [0.25, 0.3) is 0 Å². The first-order chi connectivity index (χ1) is 16.5. The van der Waals surface area contributed by atoms with Crippen molar-refractivity contribution in [2.24, 2.45) is 5.92 Å². The Bertz CT molecular complexity index is 829. The van der Waals surface area contributed by atoms with Crippen LogP contribution in [0.25, 0.3) is 0 Å². The molecule has 3 aliphatic rings. The number of hydrogen-bond acceptors (Lipinski definition) is 5. The van der Waals surface area contributed by atoms with E-state index in [1.54, 1.807) is 13.2 Å². The molecule has 2 heterocycles. The molecule has 8 heteroatoms. The highest BCUT2D eigenvalue weighted by atomic mass is 19.1. The molecule has 34 heavy (non-hydrogen) atoms. The first kappa shape index (κ1) is 24.9. The van der Waals surface area contributed by atoms with Crippen LogP contribution in [0.4, 0.5) is 4.39 Å². The van der Waals surface area contributed by atoms with E-state index in [4.69, 9.17) is 4.74 Å². The molecule has 0 spiro atoms. The van der Waals surface area contributed by atoms with Gasteiger partial charge in [0.05, 0.1) is 13.7 Å². The third-order valence-corrected chi connectivity index (χ3v) is 7.59. The number of carbonyl (C=O) groups excluding carboxylic acids is 2. The number of ether oxygens (including phenoxy) is 1. The number of hydrogen-bond donors (Lipinski definition) is 1. The van der Waals surface area contributed by atoms with Crippen LogP contribution in [0.5, 0.6) is 5.75 Å². The van der Waals surface area contributed by atoms with Gasteiger partial charge in [-0.25, -0.2) is 4.39 Å². The van der Waals surface area contributed by atoms with Crippen LogP contribution in [0, 0.1) is 11.7 Å². The molecule has 2 saturated heterocycles. The number of nitrogens with one attached hydrogen (secondary N) is 1. The highest BCUT2D eigenvalue weighted by Gasteiger charge is 2.30. The van der Waals surface area contributed by atoms with Gasteiger partial charge in [-0.3, -0.25) is 19.4 Å². The summed E-state index contributed by atoms with van der Waals surface area (Å²) in [6, 6.07) is 4.77. The van der Waals surface area contributed by atoms with Gasteiger partial charge >= 0.3 is 0 Å². The van der Waals surface area contributed by atoms with Crippen LogP contribution < -0.4 is 10.1 Å². The number of piperazine rings is 1. The van der Waals surface area contributed by atoms with Crippen LogP contribution in [0.3, 0.4) is 0 Å². The summed E-state index contributed by atoms with van der Waals surface area (Å²) in [4.78, 5) is 31.8. The quantitative estimate of drug-likeness (QED) is 0.658. The largest absolute Gasteiger partial charge is 0.496 e. The standard InChI is InChI=1S/C26H39FN4O3/c1-34-24-8-7-22(27)17-21(24)18-29-13-15-30(16-14-29)19-25(32)28-23-9-11-31(12-10-23)26(33)20-5-3-2-4-6-20/h7-8,17,20,23H,2-6,9-16,18-19H2,1H3,(H,28,32). The molecule has 0 bridgehead atoms. The molecule has 0 atom stereocenters. The summed E-state index contributed by atoms with van der Waals surface area (Å²) < 4.78 is 19.0. The Morgan fingerprint density at radius 3 is 2.32 bits per heavy atom. The minimum Gasteiger partial charge on any atom is -0.496 e. The van der Waals surface area contributed by atoms with Gasteiger partial charge in [-0.05, 0) is 43.9 Å². The first-order valence-electron chi connectivity index (χ1n) is 12.9. The highest BCUT2D eigenvalue weighted by Crippen LogP contribution is 2.26. The molecule has 1 N–H and O–H groups in total. The van der Waals surface area contributed by atoms with Crippen molar-refractivity contribution in [2.45, 2.75) is 57.5 Å². The third-order valence-electron chi connectivity index (χ3n) is 7.59. The Morgan fingerprint density at radius 1 is 0.971 bits per heavy atom. The van der Waals surface area contributed by atoms with Crippen molar-refractivity contribution in [1.29, 1.82) is 0 Å². The minimum absolute atomic E-state index is 0.0670. The Morgan fingerprint density at radius 2 is 1.65 bits per heavy atom. The number of halogens is 1. The number of likely N-dealkylation sites (tertiary alicyclic amines) is 1. The molecular weight excluding hydrogens is 435 g/mol. The predicted molar refractivity (Wildman–Crippen MR) is 129 cm³/mol. The van der Waals surface area contributed by atoms with E-state index in [-0.39, 0.29) is 23.7 Å². The molecule has 0 radical (unpaired) electrons. The second-order valence-corrected chi connectivity index (χ2v) is 10.0. The lowest BCUT2D eigenvalue weighted by Gasteiger charge is -2.36. The average molecular weight is 475 g/mol. The molecule has 188 valence electrons. The van der Waals surface area contributed by atoms with Crippen LogP contribution in [-0.2, 0) is 16.1 Å². The Hall–Kier alpha value is -2.19. The zero-order chi connectivity index (χ0) is 23.9. The van der Waals surface area contributed by atoms with E-state index >= 15 is 0 Å². The van der Waals surface area contributed by atoms with Gasteiger partial charge < -0.3 is 15.0 Å². The van der Waals surface area contributed by atoms with Crippen molar-refractivity contribution in [1.82, 2.24) is 20.0 Å². The van der Waals surface area contributed by atoms with Gasteiger partial charge in [-0.1, -0.05) is 19.3 Å². The predicted octanol–water partition coefficient (Wildman–Crippen LogP) is 2.64. The molecule has 2 aliphatic heterocycles. The van der Waals surface area contributed by atoms with Crippen LogP contribution >= 0.6 is 0 Å². The summed E-state index contributed by atoms with van der Waals surface area (Å²) in [7, 11) is 1.60. The van der Waals surface area contributed by atoms with Crippen molar-refractivity contribution in [3.8, 4) is 5.75 Å². The van der Waals surface area contributed by atoms with Gasteiger partial charge in [0.2, 0.25) is 11.8 Å². The lowest BCUT2D eigenvalue weighted by Crippen LogP contribution is -2.52. The summed E-state index contributed by atoms with van der Waals surface area (Å²) in [5, 5.41) is 3.19. The molecule has 7 nitrogen and oxygen atoms in total. The number of rotatable bonds is 7. The highest BCUT2D eigenvalue weighted by molar-refractivity contribution is 5.79. The normalized spacial score (nSPS) is 21.4. The molecule has 1 aliphatic carbocycles. The molecule has 4 rings (SSSR count). The summed E-state index contributed by atoms with van der Waals surface area (Å²) in [5.41, 5.74) is 0.849. The SMILES string of the molecule is COc1ccc(F)cc1CN1CCN(CC(=O)NC2CCN(C(=O)C3CCCCC3)CC2)CC1. The fourth-order valence-corrected chi connectivity index (χ4v) is 5.55.